The lowest BCUT2D eigenvalue weighted by Crippen LogP contribution is -2.27. The molecule has 0 atom stereocenters. The molecular weight excluding hydrogens is 406 g/mol. The normalized spacial score (nSPS) is 11.6. The van der Waals surface area contributed by atoms with Gasteiger partial charge in [0.15, 0.2) is 0 Å². The third-order valence-corrected chi connectivity index (χ3v) is 6.17. The van der Waals surface area contributed by atoms with Crippen molar-refractivity contribution < 1.29 is 22.4 Å². The van der Waals surface area contributed by atoms with Crippen LogP contribution in [0.1, 0.15) is 30.0 Å². The number of esters is 1. The number of benzene rings is 2. The van der Waals surface area contributed by atoms with Gasteiger partial charge in [-0.25, -0.2) is 17.9 Å². The van der Waals surface area contributed by atoms with Crippen LogP contribution < -0.4 is 15.1 Å². The molecular formula is C22H23NO6S. The Labute approximate surface area is 174 Å². The van der Waals surface area contributed by atoms with Crippen molar-refractivity contribution in [3.8, 4) is 5.75 Å². The van der Waals surface area contributed by atoms with E-state index in [1.807, 2.05) is 26.8 Å². The molecule has 0 aliphatic heterocycles. The average Bonchev–Trinajstić information content (AvgIpc) is 2.67. The van der Waals surface area contributed by atoms with E-state index < -0.39 is 21.6 Å². The Hall–Kier alpha value is -2.97. The molecule has 0 saturated heterocycles. The maximum absolute atomic E-state index is 12.3. The van der Waals surface area contributed by atoms with E-state index >= 15 is 0 Å². The van der Waals surface area contributed by atoms with Gasteiger partial charge in [0.2, 0.25) is 10.0 Å². The van der Waals surface area contributed by atoms with Crippen LogP contribution >= 0.6 is 0 Å². The van der Waals surface area contributed by atoms with E-state index in [9.17, 15) is 18.0 Å². The SMILES string of the molecule is CCc1cc2c(C)cc(=O)oc2cc1OC(=O)CCNS(=O)(=O)c1ccc(C)cc1. The summed E-state index contributed by atoms with van der Waals surface area (Å²) in [5.74, 6) is -0.296. The van der Waals surface area contributed by atoms with Crippen LogP contribution in [-0.4, -0.2) is 20.9 Å². The van der Waals surface area contributed by atoms with Gasteiger partial charge in [-0.2, -0.15) is 0 Å². The molecule has 3 rings (SSSR count). The lowest BCUT2D eigenvalue weighted by molar-refractivity contribution is -0.134. The van der Waals surface area contributed by atoms with Crippen molar-refractivity contribution in [1.29, 1.82) is 0 Å². The summed E-state index contributed by atoms with van der Waals surface area (Å²) in [6.45, 7) is 5.50. The topological polar surface area (TPSA) is 103 Å². The van der Waals surface area contributed by atoms with Gasteiger partial charge in [-0.1, -0.05) is 24.6 Å². The fraction of sp³-hybridized carbons (Fsp3) is 0.273. The van der Waals surface area contributed by atoms with Crippen LogP contribution in [0.15, 0.2) is 56.6 Å². The Balaban J connectivity index is 1.69. The highest BCUT2D eigenvalue weighted by atomic mass is 32.2. The molecule has 3 aromatic rings. The Morgan fingerprint density at radius 1 is 1.10 bits per heavy atom. The summed E-state index contributed by atoms with van der Waals surface area (Å²) in [7, 11) is -3.70. The lowest BCUT2D eigenvalue weighted by atomic mass is 10.1. The molecule has 0 fully saturated rings. The molecule has 1 N–H and O–H groups in total. The van der Waals surface area contributed by atoms with E-state index in [0.717, 1.165) is 22.1 Å². The molecule has 0 unspecified atom stereocenters. The van der Waals surface area contributed by atoms with Gasteiger partial charge in [0.25, 0.3) is 0 Å². The molecule has 0 spiro atoms. The Morgan fingerprint density at radius 3 is 2.47 bits per heavy atom. The summed E-state index contributed by atoms with van der Waals surface area (Å²) in [4.78, 5) is 24.0. The fourth-order valence-corrected chi connectivity index (χ4v) is 4.06. The molecule has 0 aliphatic carbocycles. The van der Waals surface area contributed by atoms with Gasteiger partial charge in [0, 0.05) is 24.1 Å². The molecule has 0 amide bonds. The Kier molecular flexibility index (Phi) is 6.38. The number of sulfonamides is 1. The largest absolute Gasteiger partial charge is 0.426 e. The first-order valence-electron chi connectivity index (χ1n) is 9.54. The number of carbonyl (C=O) groups is 1. The summed E-state index contributed by atoms with van der Waals surface area (Å²) in [5, 5.41) is 0.775. The molecule has 0 radical (unpaired) electrons. The summed E-state index contributed by atoms with van der Waals surface area (Å²) >= 11 is 0. The van der Waals surface area contributed by atoms with E-state index in [2.05, 4.69) is 4.72 Å². The second-order valence-corrected chi connectivity index (χ2v) is 8.76. The van der Waals surface area contributed by atoms with E-state index in [0.29, 0.717) is 17.8 Å². The van der Waals surface area contributed by atoms with Gasteiger partial charge in [-0.05, 0) is 49.6 Å². The van der Waals surface area contributed by atoms with E-state index in [4.69, 9.17) is 9.15 Å². The van der Waals surface area contributed by atoms with Gasteiger partial charge in [0.05, 0.1) is 11.3 Å². The van der Waals surface area contributed by atoms with Crippen LogP contribution in [0.3, 0.4) is 0 Å². The van der Waals surface area contributed by atoms with E-state index in [1.54, 1.807) is 12.1 Å². The second kappa shape index (κ2) is 8.81. The number of nitrogens with one attached hydrogen (secondary N) is 1. The van der Waals surface area contributed by atoms with Crippen molar-refractivity contribution in [3.63, 3.8) is 0 Å². The number of fused-ring (bicyclic) bond motifs is 1. The minimum Gasteiger partial charge on any atom is -0.426 e. The van der Waals surface area contributed by atoms with Gasteiger partial charge in [-0.3, -0.25) is 4.79 Å². The smallest absolute Gasteiger partial charge is 0.336 e. The molecule has 1 aromatic heterocycles. The van der Waals surface area contributed by atoms with Crippen LogP contribution in [0.5, 0.6) is 5.75 Å². The van der Waals surface area contributed by atoms with Crippen molar-refractivity contribution >= 4 is 27.0 Å². The zero-order chi connectivity index (χ0) is 21.9. The van der Waals surface area contributed by atoms with Crippen molar-refractivity contribution in [1.82, 2.24) is 4.72 Å². The predicted molar refractivity (Wildman–Crippen MR) is 113 cm³/mol. The summed E-state index contributed by atoms with van der Waals surface area (Å²) in [5.41, 5.74) is 2.37. The highest BCUT2D eigenvalue weighted by Gasteiger charge is 2.16. The molecule has 158 valence electrons. The number of hydrogen-bond donors (Lipinski definition) is 1. The van der Waals surface area contributed by atoms with Crippen LogP contribution in [0, 0.1) is 13.8 Å². The molecule has 7 nitrogen and oxygen atoms in total. The standard InChI is InChI=1S/C22H23NO6S/c1-4-16-12-18-15(3)11-22(25)29-20(18)13-19(16)28-21(24)9-10-23-30(26,27)17-7-5-14(2)6-8-17/h5-8,11-13,23H,4,9-10H2,1-3H3. The molecule has 1 heterocycles. The molecule has 8 heteroatoms. The van der Waals surface area contributed by atoms with Crippen molar-refractivity contribution in [2.45, 2.75) is 38.5 Å². The van der Waals surface area contributed by atoms with Gasteiger partial charge in [-0.15, -0.1) is 0 Å². The number of rotatable bonds is 7. The van der Waals surface area contributed by atoms with Crippen molar-refractivity contribution in [3.05, 3.63) is 69.6 Å². The molecule has 0 aliphatic rings. The Morgan fingerprint density at radius 2 is 1.80 bits per heavy atom. The first-order valence-corrected chi connectivity index (χ1v) is 11.0. The summed E-state index contributed by atoms with van der Waals surface area (Å²) in [6, 6.07) is 11.2. The minimum absolute atomic E-state index is 0.0989. The average molecular weight is 429 g/mol. The van der Waals surface area contributed by atoms with Crippen LogP contribution in [-0.2, 0) is 21.2 Å². The predicted octanol–water partition coefficient (Wildman–Crippen LogP) is 3.25. The monoisotopic (exact) mass is 429 g/mol. The van der Waals surface area contributed by atoms with E-state index in [1.165, 1.54) is 24.3 Å². The number of ether oxygens (including phenoxy) is 1. The Bertz CT molecular complexity index is 1240. The third-order valence-electron chi connectivity index (χ3n) is 4.69. The van der Waals surface area contributed by atoms with Crippen LogP contribution in [0.25, 0.3) is 11.0 Å². The first kappa shape index (κ1) is 21.7. The van der Waals surface area contributed by atoms with Gasteiger partial charge >= 0.3 is 11.6 Å². The molecule has 2 aromatic carbocycles. The van der Waals surface area contributed by atoms with E-state index in [-0.39, 0.29) is 17.9 Å². The zero-order valence-corrected chi connectivity index (χ0v) is 17.8. The maximum atomic E-state index is 12.3. The zero-order valence-electron chi connectivity index (χ0n) is 17.0. The number of carbonyl (C=O) groups excluding carboxylic acids is 1. The molecule has 30 heavy (non-hydrogen) atoms. The lowest BCUT2D eigenvalue weighted by Gasteiger charge is -2.11. The van der Waals surface area contributed by atoms with Gasteiger partial charge < -0.3 is 9.15 Å². The maximum Gasteiger partial charge on any atom is 0.336 e. The minimum atomic E-state index is -3.70. The van der Waals surface area contributed by atoms with Gasteiger partial charge in [0.1, 0.15) is 11.3 Å². The van der Waals surface area contributed by atoms with Crippen LogP contribution in [0.2, 0.25) is 0 Å². The summed E-state index contributed by atoms with van der Waals surface area (Å²) < 4.78 is 37.6. The first-order chi connectivity index (χ1) is 14.2. The molecule has 0 saturated carbocycles. The highest BCUT2D eigenvalue weighted by molar-refractivity contribution is 7.89. The van der Waals surface area contributed by atoms with Crippen LogP contribution in [0.4, 0.5) is 0 Å². The van der Waals surface area contributed by atoms with Crippen molar-refractivity contribution in [2.24, 2.45) is 0 Å². The third kappa shape index (κ3) is 4.95. The van der Waals surface area contributed by atoms with Crippen molar-refractivity contribution in [2.75, 3.05) is 6.54 Å². The number of aryl methyl sites for hydroxylation is 3. The highest BCUT2D eigenvalue weighted by Crippen LogP contribution is 2.28. The second-order valence-electron chi connectivity index (χ2n) is 6.99. The number of hydrogen-bond acceptors (Lipinski definition) is 6. The quantitative estimate of drug-likeness (QED) is 0.351. The summed E-state index contributed by atoms with van der Waals surface area (Å²) in [6.07, 6.45) is 0.460. The fourth-order valence-electron chi connectivity index (χ4n) is 3.02. The molecule has 0 bridgehead atoms.